The second-order valence-corrected chi connectivity index (χ2v) is 6.65. The summed E-state index contributed by atoms with van der Waals surface area (Å²) in [7, 11) is 0. The molecule has 29 heavy (non-hydrogen) atoms. The minimum atomic E-state index is -0.0719. The van der Waals surface area contributed by atoms with Gasteiger partial charge in [-0.05, 0) is 36.8 Å². The number of benzene rings is 1. The SMILES string of the molecule is CC(=O)N[C@@H](C)/C=C/c1ccc(Oc2ccc(Oc3ccccn3)cc2Cl)nc1. The van der Waals surface area contributed by atoms with Gasteiger partial charge in [0.1, 0.15) is 11.5 Å². The van der Waals surface area contributed by atoms with Gasteiger partial charge in [0.25, 0.3) is 0 Å². The first-order valence-electron chi connectivity index (χ1n) is 8.97. The molecule has 1 aromatic carbocycles. The van der Waals surface area contributed by atoms with Crippen molar-refractivity contribution in [1.29, 1.82) is 0 Å². The van der Waals surface area contributed by atoms with Gasteiger partial charge in [-0.3, -0.25) is 4.79 Å². The lowest BCUT2D eigenvalue weighted by Gasteiger charge is -2.09. The molecule has 0 spiro atoms. The van der Waals surface area contributed by atoms with Gasteiger partial charge in [0.2, 0.25) is 17.7 Å². The molecule has 3 rings (SSSR count). The van der Waals surface area contributed by atoms with E-state index in [1.165, 1.54) is 6.92 Å². The van der Waals surface area contributed by atoms with Crippen LogP contribution in [0, 0.1) is 0 Å². The topological polar surface area (TPSA) is 73.3 Å². The van der Waals surface area contributed by atoms with Gasteiger partial charge in [0.05, 0.1) is 5.02 Å². The lowest BCUT2D eigenvalue weighted by molar-refractivity contribution is -0.119. The highest BCUT2D eigenvalue weighted by Crippen LogP contribution is 2.33. The van der Waals surface area contributed by atoms with Gasteiger partial charge in [-0.2, -0.15) is 0 Å². The van der Waals surface area contributed by atoms with E-state index >= 15 is 0 Å². The van der Waals surface area contributed by atoms with Crippen LogP contribution in [0.25, 0.3) is 6.08 Å². The maximum Gasteiger partial charge on any atom is 0.219 e. The first kappa shape index (κ1) is 20.4. The zero-order valence-electron chi connectivity index (χ0n) is 16.0. The first-order valence-corrected chi connectivity index (χ1v) is 9.35. The highest BCUT2D eigenvalue weighted by molar-refractivity contribution is 6.32. The van der Waals surface area contributed by atoms with Crippen molar-refractivity contribution in [1.82, 2.24) is 15.3 Å². The van der Waals surface area contributed by atoms with Crippen LogP contribution >= 0.6 is 11.6 Å². The number of nitrogens with one attached hydrogen (secondary N) is 1. The van der Waals surface area contributed by atoms with Crippen LogP contribution in [0.15, 0.2) is 67.0 Å². The number of ether oxygens (including phenoxy) is 2. The van der Waals surface area contributed by atoms with Crippen LogP contribution < -0.4 is 14.8 Å². The summed E-state index contributed by atoms with van der Waals surface area (Å²) in [5.41, 5.74) is 0.889. The normalized spacial score (nSPS) is 11.8. The molecule has 0 aliphatic heterocycles. The standard InChI is InChI=1S/C22H20ClN3O3/c1-15(26-16(2)27)6-7-17-8-11-22(25-14-17)29-20-10-9-18(13-19(20)23)28-21-5-3-4-12-24-21/h3-15H,1-2H3,(H,26,27)/b7-6+/t15-/m0/s1. The number of carbonyl (C=O) groups is 1. The van der Waals surface area contributed by atoms with Crippen molar-refractivity contribution in [3.8, 4) is 23.3 Å². The summed E-state index contributed by atoms with van der Waals surface area (Å²) in [5.74, 6) is 1.85. The summed E-state index contributed by atoms with van der Waals surface area (Å²) in [6, 6.07) is 14.1. The molecule has 1 atom stereocenters. The molecule has 2 aromatic heterocycles. The molecule has 0 bridgehead atoms. The van der Waals surface area contributed by atoms with Crippen LogP contribution in [0.5, 0.6) is 23.3 Å². The number of rotatable bonds is 7. The third-order valence-corrected chi connectivity index (χ3v) is 4.04. The number of hydrogen-bond acceptors (Lipinski definition) is 5. The lowest BCUT2D eigenvalue weighted by atomic mass is 10.2. The summed E-state index contributed by atoms with van der Waals surface area (Å²) >= 11 is 6.30. The van der Waals surface area contributed by atoms with Crippen molar-refractivity contribution < 1.29 is 14.3 Å². The summed E-state index contributed by atoms with van der Waals surface area (Å²) in [4.78, 5) is 19.4. The Bertz CT molecular complexity index is 992. The van der Waals surface area contributed by atoms with Gasteiger partial charge in [0.15, 0.2) is 0 Å². The molecule has 0 saturated carbocycles. The molecule has 1 N–H and O–H groups in total. The number of carbonyl (C=O) groups excluding carboxylic acids is 1. The van der Waals surface area contributed by atoms with E-state index in [0.717, 1.165) is 5.56 Å². The van der Waals surface area contributed by atoms with Crippen LogP contribution in [0.3, 0.4) is 0 Å². The molecule has 6 nitrogen and oxygen atoms in total. The molecule has 0 aliphatic rings. The second kappa shape index (κ2) is 9.71. The van der Waals surface area contributed by atoms with Crippen molar-refractivity contribution in [2.75, 3.05) is 0 Å². The Labute approximate surface area is 174 Å². The number of aromatic nitrogens is 2. The van der Waals surface area contributed by atoms with Crippen molar-refractivity contribution in [2.45, 2.75) is 19.9 Å². The Morgan fingerprint density at radius 1 is 1.10 bits per heavy atom. The summed E-state index contributed by atoms with van der Waals surface area (Å²) in [6.45, 7) is 3.38. The van der Waals surface area contributed by atoms with Crippen LogP contribution in [-0.4, -0.2) is 21.9 Å². The number of halogens is 1. The van der Waals surface area contributed by atoms with E-state index in [2.05, 4.69) is 15.3 Å². The van der Waals surface area contributed by atoms with Crippen LogP contribution in [0.4, 0.5) is 0 Å². The average Bonchev–Trinajstić information content (AvgIpc) is 2.70. The molecule has 0 saturated heterocycles. The van der Waals surface area contributed by atoms with Gasteiger partial charge >= 0.3 is 0 Å². The predicted molar refractivity (Wildman–Crippen MR) is 112 cm³/mol. The molecular formula is C22H20ClN3O3. The fraction of sp³-hybridized carbons (Fsp3) is 0.136. The van der Waals surface area contributed by atoms with E-state index in [4.69, 9.17) is 21.1 Å². The Kier molecular flexibility index (Phi) is 6.81. The van der Waals surface area contributed by atoms with Gasteiger partial charge in [-0.25, -0.2) is 9.97 Å². The van der Waals surface area contributed by atoms with Crippen LogP contribution in [0.1, 0.15) is 19.4 Å². The van der Waals surface area contributed by atoms with E-state index in [0.29, 0.717) is 28.3 Å². The Morgan fingerprint density at radius 3 is 2.59 bits per heavy atom. The van der Waals surface area contributed by atoms with Crippen molar-refractivity contribution >= 4 is 23.6 Å². The van der Waals surface area contributed by atoms with E-state index in [-0.39, 0.29) is 11.9 Å². The molecule has 148 valence electrons. The van der Waals surface area contributed by atoms with Gasteiger partial charge < -0.3 is 14.8 Å². The summed E-state index contributed by atoms with van der Waals surface area (Å²) < 4.78 is 11.4. The second-order valence-electron chi connectivity index (χ2n) is 6.24. The van der Waals surface area contributed by atoms with Gasteiger partial charge in [-0.1, -0.05) is 29.8 Å². The fourth-order valence-electron chi connectivity index (χ4n) is 2.44. The molecule has 2 heterocycles. The van der Waals surface area contributed by atoms with Crippen LogP contribution in [0.2, 0.25) is 5.02 Å². The molecule has 1 amide bonds. The zero-order valence-corrected chi connectivity index (χ0v) is 16.8. The molecule has 7 heteroatoms. The molecule has 3 aromatic rings. The number of amides is 1. The van der Waals surface area contributed by atoms with Crippen molar-refractivity contribution in [2.24, 2.45) is 0 Å². The van der Waals surface area contributed by atoms with Crippen molar-refractivity contribution in [3.63, 3.8) is 0 Å². The molecule has 0 aliphatic carbocycles. The average molecular weight is 410 g/mol. The minimum absolute atomic E-state index is 0.0611. The smallest absolute Gasteiger partial charge is 0.219 e. The summed E-state index contributed by atoms with van der Waals surface area (Å²) in [6.07, 6.45) is 7.10. The fourth-order valence-corrected chi connectivity index (χ4v) is 2.65. The van der Waals surface area contributed by atoms with Crippen molar-refractivity contribution in [3.05, 3.63) is 77.6 Å². The first-order chi connectivity index (χ1) is 14.0. The lowest BCUT2D eigenvalue weighted by Crippen LogP contribution is -2.28. The Morgan fingerprint density at radius 2 is 1.93 bits per heavy atom. The maximum absolute atomic E-state index is 11.0. The highest BCUT2D eigenvalue weighted by atomic mass is 35.5. The van der Waals surface area contributed by atoms with Gasteiger partial charge in [-0.15, -0.1) is 0 Å². The number of nitrogens with zero attached hydrogens (tertiary/aromatic N) is 2. The maximum atomic E-state index is 11.0. The van der Waals surface area contributed by atoms with E-state index in [1.807, 2.05) is 37.3 Å². The third-order valence-electron chi connectivity index (χ3n) is 3.75. The largest absolute Gasteiger partial charge is 0.439 e. The Balaban J connectivity index is 1.62. The highest BCUT2D eigenvalue weighted by Gasteiger charge is 2.07. The third kappa shape index (κ3) is 6.33. The molecule has 0 unspecified atom stereocenters. The number of pyridine rings is 2. The number of hydrogen-bond donors (Lipinski definition) is 1. The molecule has 0 radical (unpaired) electrons. The molecular weight excluding hydrogens is 390 g/mol. The minimum Gasteiger partial charge on any atom is -0.439 e. The van der Waals surface area contributed by atoms with E-state index in [9.17, 15) is 4.79 Å². The van der Waals surface area contributed by atoms with E-state index < -0.39 is 0 Å². The quantitative estimate of drug-likeness (QED) is 0.576. The Hall–Kier alpha value is -3.38. The van der Waals surface area contributed by atoms with E-state index in [1.54, 1.807) is 42.7 Å². The zero-order chi connectivity index (χ0) is 20.6. The molecule has 0 fully saturated rings. The predicted octanol–water partition coefficient (Wildman–Crippen LogP) is 5.25. The monoisotopic (exact) mass is 409 g/mol. The van der Waals surface area contributed by atoms with Gasteiger partial charge in [0, 0.05) is 43.6 Å². The van der Waals surface area contributed by atoms with Crippen LogP contribution in [-0.2, 0) is 4.79 Å². The summed E-state index contributed by atoms with van der Waals surface area (Å²) in [5, 5.41) is 3.18.